The highest BCUT2D eigenvalue weighted by Crippen LogP contribution is 2.32. The predicted molar refractivity (Wildman–Crippen MR) is 72.7 cm³/mol. The van der Waals surface area contributed by atoms with Crippen LogP contribution in [0.2, 0.25) is 0 Å². The molecule has 0 amide bonds. The zero-order chi connectivity index (χ0) is 13.7. The fourth-order valence-corrected chi connectivity index (χ4v) is 2.44. The summed E-state index contributed by atoms with van der Waals surface area (Å²) in [6.07, 6.45) is 3.62. The van der Waals surface area contributed by atoms with E-state index in [-0.39, 0.29) is 6.10 Å². The molecule has 4 nitrogen and oxygen atoms in total. The minimum absolute atomic E-state index is 0.164. The van der Waals surface area contributed by atoms with E-state index in [1.54, 1.807) is 14.2 Å². The molecule has 0 spiro atoms. The third-order valence-electron chi connectivity index (χ3n) is 3.55. The number of aliphatic hydroxyl groups is 1. The van der Waals surface area contributed by atoms with Gasteiger partial charge in [-0.2, -0.15) is 0 Å². The van der Waals surface area contributed by atoms with Crippen LogP contribution in [0.4, 0.5) is 0 Å². The Bertz CT molecular complexity index is 399. The molecule has 19 heavy (non-hydrogen) atoms. The Balaban J connectivity index is 2.03. The molecule has 1 aliphatic rings. The van der Waals surface area contributed by atoms with Crippen molar-refractivity contribution in [1.82, 2.24) is 0 Å². The van der Waals surface area contributed by atoms with Crippen LogP contribution in [-0.4, -0.2) is 32.0 Å². The second-order valence-corrected chi connectivity index (χ2v) is 4.85. The number of methoxy groups -OCH3 is 2. The lowest BCUT2D eigenvalue weighted by Crippen LogP contribution is -2.21. The summed E-state index contributed by atoms with van der Waals surface area (Å²) >= 11 is 0. The van der Waals surface area contributed by atoms with E-state index >= 15 is 0 Å². The zero-order valence-corrected chi connectivity index (χ0v) is 11.6. The first kappa shape index (κ1) is 14.2. The number of aliphatic hydroxyl groups excluding tert-OH is 1. The first-order valence-corrected chi connectivity index (χ1v) is 6.76. The summed E-state index contributed by atoms with van der Waals surface area (Å²) in [6, 6.07) is 5.51. The number of benzene rings is 1. The van der Waals surface area contributed by atoms with E-state index in [1.165, 1.54) is 6.42 Å². The molecule has 1 heterocycles. The molecule has 0 bridgehead atoms. The van der Waals surface area contributed by atoms with Crippen LogP contribution in [0.3, 0.4) is 0 Å². The Morgan fingerprint density at radius 1 is 1.26 bits per heavy atom. The summed E-state index contributed by atoms with van der Waals surface area (Å²) in [4.78, 5) is 0. The lowest BCUT2D eigenvalue weighted by atomic mass is 9.98. The third kappa shape index (κ3) is 3.61. The summed E-state index contributed by atoms with van der Waals surface area (Å²) < 4.78 is 16.1. The van der Waals surface area contributed by atoms with Gasteiger partial charge in [0.05, 0.1) is 26.4 Å². The lowest BCUT2D eigenvalue weighted by molar-refractivity contribution is -0.0155. The van der Waals surface area contributed by atoms with E-state index in [2.05, 4.69) is 0 Å². The van der Waals surface area contributed by atoms with Gasteiger partial charge in [-0.25, -0.2) is 0 Å². The van der Waals surface area contributed by atoms with Crippen molar-refractivity contribution in [2.75, 3.05) is 20.8 Å². The van der Waals surface area contributed by atoms with Crippen molar-refractivity contribution >= 4 is 0 Å². The van der Waals surface area contributed by atoms with E-state index in [0.717, 1.165) is 25.0 Å². The first-order chi connectivity index (χ1) is 9.24. The SMILES string of the molecule is COc1ccc(C(O)CC2CCCCO2)cc1OC. The quantitative estimate of drug-likeness (QED) is 0.890. The van der Waals surface area contributed by atoms with Gasteiger partial charge in [-0.15, -0.1) is 0 Å². The Morgan fingerprint density at radius 2 is 2.05 bits per heavy atom. The monoisotopic (exact) mass is 266 g/mol. The van der Waals surface area contributed by atoms with Gasteiger partial charge in [0.2, 0.25) is 0 Å². The highest BCUT2D eigenvalue weighted by molar-refractivity contribution is 5.43. The maximum Gasteiger partial charge on any atom is 0.161 e. The van der Waals surface area contributed by atoms with Gasteiger partial charge in [0.1, 0.15) is 0 Å². The molecule has 0 saturated carbocycles. The molecule has 1 aromatic carbocycles. The molecule has 1 aliphatic heterocycles. The van der Waals surface area contributed by atoms with Crippen molar-refractivity contribution in [1.29, 1.82) is 0 Å². The van der Waals surface area contributed by atoms with E-state index in [0.29, 0.717) is 17.9 Å². The predicted octanol–water partition coefficient (Wildman–Crippen LogP) is 2.70. The minimum atomic E-state index is -0.525. The van der Waals surface area contributed by atoms with Gasteiger partial charge in [0, 0.05) is 13.0 Å². The highest BCUT2D eigenvalue weighted by Gasteiger charge is 2.20. The van der Waals surface area contributed by atoms with Crippen LogP contribution in [0.5, 0.6) is 11.5 Å². The number of ether oxygens (including phenoxy) is 3. The molecule has 1 saturated heterocycles. The topological polar surface area (TPSA) is 47.9 Å². The molecule has 1 aromatic rings. The molecule has 2 atom stereocenters. The molecule has 0 aliphatic carbocycles. The number of hydrogen-bond acceptors (Lipinski definition) is 4. The van der Waals surface area contributed by atoms with Crippen LogP contribution in [-0.2, 0) is 4.74 Å². The van der Waals surface area contributed by atoms with Crippen molar-refractivity contribution in [3.05, 3.63) is 23.8 Å². The summed E-state index contributed by atoms with van der Waals surface area (Å²) in [6.45, 7) is 0.809. The molecule has 1 fully saturated rings. The van der Waals surface area contributed by atoms with Crippen LogP contribution >= 0.6 is 0 Å². The fraction of sp³-hybridized carbons (Fsp3) is 0.600. The van der Waals surface area contributed by atoms with Crippen LogP contribution in [0.25, 0.3) is 0 Å². The number of hydrogen-bond donors (Lipinski definition) is 1. The Morgan fingerprint density at radius 3 is 2.68 bits per heavy atom. The average molecular weight is 266 g/mol. The van der Waals surface area contributed by atoms with Gasteiger partial charge in [-0.1, -0.05) is 6.07 Å². The Hall–Kier alpha value is -1.26. The summed E-state index contributed by atoms with van der Waals surface area (Å²) in [5, 5.41) is 10.3. The molecular weight excluding hydrogens is 244 g/mol. The van der Waals surface area contributed by atoms with Crippen LogP contribution in [0, 0.1) is 0 Å². The fourth-order valence-electron chi connectivity index (χ4n) is 2.44. The van der Waals surface area contributed by atoms with E-state index in [4.69, 9.17) is 14.2 Å². The molecule has 2 rings (SSSR count). The Labute approximate surface area is 114 Å². The van der Waals surface area contributed by atoms with Crippen LogP contribution < -0.4 is 9.47 Å². The minimum Gasteiger partial charge on any atom is -0.493 e. The molecule has 0 radical (unpaired) electrons. The van der Waals surface area contributed by atoms with Gasteiger partial charge < -0.3 is 19.3 Å². The average Bonchev–Trinajstić information content (AvgIpc) is 2.47. The maximum atomic E-state index is 10.3. The van der Waals surface area contributed by atoms with Crippen molar-refractivity contribution in [3.63, 3.8) is 0 Å². The van der Waals surface area contributed by atoms with E-state index in [9.17, 15) is 5.11 Å². The smallest absolute Gasteiger partial charge is 0.161 e. The van der Waals surface area contributed by atoms with Crippen molar-refractivity contribution in [3.8, 4) is 11.5 Å². The summed E-state index contributed by atoms with van der Waals surface area (Å²) in [7, 11) is 3.20. The van der Waals surface area contributed by atoms with Gasteiger partial charge in [-0.3, -0.25) is 0 Å². The summed E-state index contributed by atoms with van der Waals surface area (Å²) in [5.41, 5.74) is 0.840. The van der Waals surface area contributed by atoms with Crippen LogP contribution in [0.1, 0.15) is 37.4 Å². The molecule has 4 heteroatoms. The molecule has 2 unspecified atom stereocenters. The van der Waals surface area contributed by atoms with Gasteiger partial charge >= 0.3 is 0 Å². The van der Waals surface area contributed by atoms with E-state index < -0.39 is 6.10 Å². The van der Waals surface area contributed by atoms with Crippen molar-refractivity contribution in [2.24, 2.45) is 0 Å². The van der Waals surface area contributed by atoms with Crippen molar-refractivity contribution in [2.45, 2.75) is 37.9 Å². The van der Waals surface area contributed by atoms with Gasteiger partial charge in [0.25, 0.3) is 0 Å². The van der Waals surface area contributed by atoms with E-state index in [1.807, 2.05) is 18.2 Å². The first-order valence-electron chi connectivity index (χ1n) is 6.76. The second kappa shape index (κ2) is 6.78. The molecular formula is C15H22O4. The van der Waals surface area contributed by atoms with Crippen molar-refractivity contribution < 1.29 is 19.3 Å². The largest absolute Gasteiger partial charge is 0.493 e. The van der Waals surface area contributed by atoms with Crippen LogP contribution in [0.15, 0.2) is 18.2 Å². The molecule has 1 N–H and O–H groups in total. The second-order valence-electron chi connectivity index (χ2n) is 4.85. The standard InChI is InChI=1S/C15H22O4/c1-17-14-7-6-11(9-15(14)18-2)13(16)10-12-5-3-4-8-19-12/h6-7,9,12-13,16H,3-5,8,10H2,1-2H3. The highest BCUT2D eigenvalue weighted by atomic mass is 16.5. The third-order valence-corrected chi connectivity index (χ3v) is 3.55. The van der Waals surface area contributed by atoms with Gasteiger partial charge in [0.15, 0.2) is 11.5 Å². The number of rotatable bonds is 5. The normalized spacial score (nSPS) is 20.9. The molecule has 106 valence electrons. The zero-order valence-electron chi connectivity index (χ0n) is 11.6. The lowest BCUT2D eigenvalue weighted by Gasteiger charge is -2.25. The molecule has 0 aromatic heterocycles. The summed E-state index contributed by atoms with van der Waals surface area (Å²) in [5.74, 6) is 1.32. The maximum absolute atomic E-state index is 10.3. The Kier molecular flexibility index (Phi) is 5.05. The van der Waals surface area contributed by atoms with Gasteiger partial charge in [-0.05, 0) is 37.0 Å².